The van der Waals surface area contributed by atoms with Crippen LogP contribution in [0.5, 0.6) is 0 Å². The van der Waals surface area contributed by atoms with Crippen molar-refractivity contribution in [2.24, 2.45) is 0 Å². The van der Waals surface area contributed by atoms with Crippen molar-refractivity contribution in [2.75, 3.05) is 0 Å². The van der Waals surface area contributed by atoms with Gasteiger partial charge in [-0.2, -0.15) is 0 Å². The Balaban J connectivity index is 2.26. The summed E-state index contributed by atoms with van der Waals surface area (Å²) in [6.07, 6.45) is 5.82. The monoisotopic (exact) mass is 192 g/mol. The van der Waals surface area contributed by atoms with Crippen molar-refractivity contribution in [2.45, 2.75) is 25.7 Å². The highest BCUT2D eigenvalue weighted by molar-refractivity contribution is 7.11. The van der Waals surface area contributed by atoms with Gasteiger partial charge in [0.15, 0.2) is 5.78 Å². The van der Waals surface area contributed by atoms with Crippen LogP contribution in [0, 0.1) is 0 Å². The number of carbonyl (C=O) groups excluding carboxylic acids is 1. The molecule has 0 aliphatic heterocycles. The van der Waals surface area contributed by atoms with Crippen molar-refractivity contribution in [1.29, 1.82) is 0 Å². The van der Waals surface area contributed by atoms with E-state index in [4.69, 9.17) is 0 Å². The highest BCUT2D eigenvalue weighted by Crippen LogP contribution is 2.27. The van der Waals surface area contributed by atoms with E-state index < -0.39 is 0 Å². The Hall–Kier alpha value is -0.890. The number of ketones is 1. The molecule has 0 saturated heterocycles. The van der Waals surface area contributed by atoms with Crippen LogP contribution < -0.4 is 0 Å². The van der Waals surface area contributed by atoms with Crippen LogP contribution in [0.2, 0.25) is 0 Å². The second kappa shape index (κ2) is 3.88. The summed E-state index contributed by atoms with van der Waals surface area (Å²) in [5.41, 5.74) is 1.23. The summed E-state index contributed by atoms with van der Waals surface area (Å²) in [5, 5.41) is 2.06. The maximum atomic E-state index is 11.3. The minimum absolute atomic E-state index is 0.293. The summed E-state index contributed by atoms with van der Waals surface area (Å²) in [5.74, 6) is 0.293. The topological polar surface area (TPSA) is 17.1 Å². The molecule has 13 heavy (non-hydrogen) atoms. The molecule has 0 radical (unpaired) electrons. The van der Waals surface area contributed by atoms with Crippen molar-refractivity contribution in [1.82, 2.24) is 0 Å². The minimum Gasteiger partial charge on any atom is -0.295 e. The average molecular weight is 192 g/mol. The summed E-state index contributed by atoms with van der Waals surface area (Å²) in [7, 11) is 0. The van der Waals surface area contributed by atoms with Crippen LogP contribution in [0.3, 0.4) is 0 Å². The number of hydrogen-bond donors (Lipinski definition) is 0. The Labute approximate surface area is 82.1 Å². The van der Waals surface area contributed by atoms with Gasteiger partial charge in [0.1, 0.15) is 0 Å². The van der Waals surface area contributed by atoms with Gasteiger partial charge < -0.3 is 0 Å². The number of thiophene rings is 1. The normalized spacial score (nSPS) is 18.2. The third kappa shape index (κ3) is 2.07. The second-order valence-electron chi connectivity index (χ2n) is 3.32. The first-order valence-corrected chi connectivity index (χ1v) is 5.51. The molecule has 0 amide bonds. The van der Waals surface area contributed by atoms with Crippen LogP contribution in [0.15, 0.2) is 23.6 Å². The van der Waals surface area contributed by atoms with E-state index in [0.717, 1.165) is 25.7 Å². The van der Waals surface area contributed by atoms with Crippen LogP contribution in [-0.4, -0.2) is 5.78 Å². The quantitative estimate of drug-likeness (QED) is 0.667. The molecule has 1 aliphatic rings. The van der Waals surface area contributed by atoms with Crippen LogP contribution >= 0.6 is 11.3 Å². The predicted octanol–water partition coefficient (Wildman–Crippen LogP) is 3.27. The molecule has 1 aromatic rings. The van der Waals surface area contributed by atoms with E-state index in [1.165, 1.54) is 10.5 Å². The predicted molar refractivity (Wildman–Crippen MR) is 55.8 cm³/mol. The van der Waals surface area contributed by atoms with Crippen LogP contribution in [0.25, 0.3) is 5.57 Å². The Morgan fingerprint density at radius 1 is 1.23 bits per heavy atom. The first kappa shape index (κ1) is 8.70. The molecule has 2 heteroatoms. The minimum atomic E-state index is 0.293. The van der Waals surface area contributed by atoms with Crippen molar-refractivity contribution >= 4 is 22.7 Å². The first-order chi connectivity index (χ1) is 6.36. The molecule has 1 aromatic heterocycles. The van der Waals surface area contributed by atoms with E-state index >= 15 is 0 Å². The zero-order valence-electron chi connectivity index (χ0n) is 7.45. The van der Waals surface area contributed by atoms with Gasteiger partial charge in [0.25, 0.3) is 0 Å². The summed E-state index contributed by atoms with van der Waals surface area (Å²) >= 11 is 1.72. The smallest absolute Gasteiger partial charge is 0.156 e. The van der Waals surface area contributed by atoms with Crippen molar-refractivity contribution in [3.63, 3.8) is 0 Å². The number of rotatable bonds is 1. The molecule has 0 unspecified atom stereocenters. The number of carbonyl (C=O) groups is 1. The number of hydrogen-bond acceptors (Lipinski definition) is 2. The highest BCUT2D eigenvalue weighted by atomic mass is 32.1. The summed E-state index contributed by atoms with van der Waals surface area (Å²) in [4.78, 5) is 12.6. The fourth-order valence-electron chi connectivity index (χ4n) is 1.61. The summed E-state index contributed by atoms with van der Waals surface area (Å²) < 4.78 is 0. The molecule has 1 nitrogen and oxygen atoms in total. The Kier molecular flexibility index (Phi) is 2.60. The van der Waals surface area contributed by atoms with Crippen LogP contribution in [-0.2, 0) is 4.79 Å². The molecule has 2 rings (SSSR count). The Bertz CT molecular complexity index is 322. The van der Waals surface area contributed by atoms with Crippen LogP contribution in [0.4, 0.5) is 0 Å². The van der Waals surface area contributed by atoms with Gasteiger partial charge in [0.05, 0.1) is 0 Å². The van der Waals surface area contributed by atoms with Gasteiger partial charge in [-0.3, -0.25) is 4.79 Å². The molecule has 0 saturated carbocycles. The summed E-state index contributed by atoms with van der Waals surface area (Å²) in [6.45, 7) is 0. The van der Waals surface area contributed by atoms with Crippen molar-refractivity contribution in [3.05, 3.63) is 28.5 Å². The lowest BCUT2D eigenvalue weighted by Crippen LogP contribution is -1.89. The molecule has 0 spiro atoms. The van der Waals surface area contributed by atoms with Gasteiger partial charge in [-0.05, 0) is 42.4 Å². The van der Waals surface area contributed by atoms with Crippen molar-refractivity contribution < 1.29 is 4.79 Å². The van der Waals surface area contributed by atoms with E-state index in [9.17, 15) is 4.79 Å². The molecular weight excluding hydrogens is 180 g/mol. The largest absolute Gasteiger partial charge is 0.295 e. The average Bonchev–Trinajstić information content (AvgIpc) is 2.56. The fraction of sp³-hybridized carbons (Fsp3) is 0.364. The molecule has 68 valence electrons. The van der Waals surface area contributed by atoms with E-state index in [1.54, 1.807) is 11.3 Å². The Morgan fingerprint density at radius 2 is 2.08 bits per heavy atom. The van der Waals surface area contributed by atoms with E-state index in [0.29, 0.717) is 5.78 Å². The van der Waals surface area contributed by atoms with Crippen LogP contribution in [0.1, 0.15) is 30.6 Å². The lowest BCUT2D eigenvalue weighted by molar-refractivity contribution is -0.114. The van der Waals surface area contributed by atoms with Crippen molar-refractivity contribution in [3.8, 4) is 0 Å². The SMILES string of the molecule is O=C1C=C(c2cccs2)CCCC1. The maximum Gasteiger partial charge on any atom is 0.156 e. The third-order valence-corrected chi connectivity index (χ3v) is 3.24. The second-order valence-corrected chi connectivity index (χ2v) is 4.27. The van der Waals surface area contributed by atoms with Gasteiger partial charge in [0.2, 0.25) is 0 Å². The molecule has 0 fully saturated rings. The maximum absolute atomic E-state index is 11.3. The number of allylic oxidation sites excluding steroid dienone is 2. The molecule has 0 aromatic carbocycles. The summed E-state index contributed by atoms with van der Waals surface area (Å²) in [6, 6.07) is 4.13. The zero-order chi connectivity index (χ0) is 9.10. The fourth-order valence-corrected chi connectivity index (χ4v) is 2.38. The molecule has 0 bridgehead atoms. The van der Waals surface area contributed by atoms with Gasteiger partial charge in [-0.15, -0.1) is 11.3 Å². The third-order valence-electron chi connectivity index (χ3n) is 2.29. The molecular formula is C11H12OS. The van der Waals surface area contributed by atoms with Gasteiger partial charge in [-0.25, -0.2) is 0 Å². The highest BCUT2D eigenvalue weighted by Gasteiger charge is 2.10. The standard InChI is InChI=1S/C11H12OS/c12-10-5-2-1-4-9(8-10)11-6-3-7-13-11/h3,6-8H,1-2,4-5H2. The zero-order valence-corrected chi connectivity index (χ0v) is 8.27. The first-order valence-electron chi connectivity index (χ1n) is 4.63. The lowest BCUT2D eigenvalue weighted by Gasteiger charge is -1.99. The molecule has 0 N–H and O–H groups in total. The van der Waals surface area contributed by atoms with E-state index in [2.05, 4.69) is 11.4 Å². The molecule has 1 heterocycles. The van der Waals surface area contributed by atoms with Gasteiger partial charge in [-0.1, -0.05) is 6.07 Å². The van der Waals surface area contributed by atoms with E-state index in [-0.39, 0.29) is 0 Å². The lowest BCUT2D eigenvalue weighted by atomic mass is 10.1. The van der Waals surface area contributed by atoms with E-state index in [1.807, 2.05) is 12.1 Å². The van der Waals surface area contributed by atoms with Gasteiger partial charge >= 0.3 is 0 Å². The van der Waals surface area contributed by atoms with Gasteiger partial charge in [0, 0.05) is 11.3 Å². The molecule has 1 aliphatic carbocycles. The Morgan fingerprint density at radius 3 is 2.85 bits per heavy atom. The molecule has 0 atom stereocenters.